The molecule has 1 heterocycles. The lowest BCUT2D eigenvalue weighted by Gasteiger charge is -2.28. The Labute approximate surface area is 174 Å². The Balaban J connectivity index is 1.74. The van der Waals surface area contributed by atoms with E-state index in [-0.39, 0.29) is 11.2 Å². The molecule has 150 valence electrons. The summed E-state index contributed by atoms with van der Waals surface area (Å²) < 4.78 is 5.50. The zero-order chi connectivity index (χ0) is 20.5. The van der Waals surface area contributed by atoms with E-state index in [9.17, 15) is 14.9 Å². The molecule has 2 atom stereocenters. The fourth-order valence-electron chi connectivity index (χ4n) is 3.10. The second kappa shape index (κ2) is 7.84. The molecule has 2 fully saturated rings. The van der Waals surface area contributed by atoms with Crippen molar-refractivity contribution in [1.82, 2.24) is 10.2 Å². The first-order chi connectivity index (χ1) is 13.1. The number of ether oxygens (including phenoxy) is 1. The minimum Gasteiger partial charge on any atom is -0.444 e. The molecule has 2 amide bonds. The lowest BCUT2D eigenvalue weighted by molar-refractivity contribution is -0.126. The molecular formula is C20H24ClN3O3S. The summed E-state index contributed by atoms with van der Waals surface area (Å²) in [6, 6.07) is 9.01. The van der Waals surface area contributed by atoms with E-state index in [1.165, 1.54) is 4.90 Å². The number of carbonyl (C=O) groups is 2. The number of hydrogen-bond acceptors (Lipinski definition) is 5. The summed E-state index contributed by atoms with van der Waals surface area (Å²) in [7, 11) is 0. The van der Waals surface area contributed by atoms with Gasteiger partial charge < -0.3 is 10.1 Å². The number of thioether (sulfide) groups is 1. The van der Waals surface area contributed by atoms with Gasteiger partial charge in [-0.15, -0.1) is 11.8 Å². The largest absolute Gasteiger partial charge is 0.444 e. The van der Waals surface area contributed by atoms with Gasteiger partial charge in [0, 0.05) is 21.7 Å². The predicted molar refractivity (Wildman–Crippen MR) is 108 cm³/mol. The molecule has 6 nitrogen and oxygen atoms in total. The molecule has 0 spiro atoms. The summed E-state index contributed by atoms with van der Waals surface area (Å²) in [5, 5.41) is 12.8. The van der Waals surface area contributed by atoms with E-state index in [1.807, 2.05) is 18.2 Å². The van der Waals surface area contributed by atoms with Crippen molar-refractivity contribution >= 4 is 35.4 Å². The second-order valence-corrected chi connectivity index (χ2v) is 10.1. The lowest BCUT2D eigenvalue weighted by atomic mass is 10.2. The number of nitriles is 1. The third-order valence-electron chi connectivity index (χ3n) is 4.62. The van der Waals surface area contributed by atoms with Gasteiger partial charge in [0.25, 0.3) is 0 Å². The maximum atomic E-state index is 12.9. The van der Waals surface area contributed by atoms with Crippen LogP contribution in [-0.2, 0) is 9.53 Å². The van der Waals surface area contributed by atoms with Gasteiger partial charge in [0.2, 0.25) is 5.91 Å². The van der Waals surface area contributed by atoms with Crippen LogP contribution >= 0.6 is 23.4 Å². The molecule has 1 aliphatic heterocycles. The van der Waals surface area contributed by atoms with Gasteiger partial charge in [0.15, 0.2) is 0 Å². The molecule has 1 saturated heterocycles. The van der Waals surface area contributed by atoms with Crippen molar-refractivity contribution in [2.24, 2.45) is 0 Å². The highest BCUT2D eigenvalue weighted by atomic mass is 35.5. The Kier molecular flexibility index (Phi) is 5.83. The van der Waals surface area contributed by atoms with Crippen molar-refractivity contribution in [2.45, 2.75) is 67.4 Å². The zero-order valence-corrected chi connectivity index (χ0v) is 17.8. The maximum Gasteiger partial charge on any atom is 0.411 e. The SMILES string of the molecule is CC(C)(C)OC(=O)N1CC(Sc2cccc(Cl)c2)CC1C(=O)NC1(C#N)CC1. The van der Waals surface area contributed by atoms with E-state index in [4.69, 9.17) is 16.3 Å². The van der Waals surface area contributed by atoms with Crippen molar-refractivity contribution < 1.29 is 14.3 Å². The quantitative estimate of drug-likeness (QED) is 0.794. The maximum absolute atomic E-state index is 12.9. The van der Waals surface area contributed by atoms with E-state index in [2.05, 4.69) is 11.4 Å². The Morgan fingerprint density at radius 1 is 1.39 bits per heavy atom. The molecule has 2 unspecified atom stereocenters. The van der Waals surface area contributed by atoms with E-state index < -0.39 is 23.3 Å². The number of likely N-dealkylation sites (tertiary alicyclic amines) is 1. The van der Waals surface area contributed by atoms with Crippen LogP contribution in [0.2, 0.25) is 5.02 Å². The number of hydrogen-bond donors (Lipinski definition) is 1. The van der Waals surface area contributed by atoms with Crippen LogP contribution in [0.3, 0.4) is 0 Å². The molecule has 2 aliphatic rings. The third-order valence-corrected chi connectivity index (χ3v) is 6.05. The Morgan fingerprint density at radius 2 is 2.11 bits per heavy atom. The third kappa shape index (κ3) is 5.12. The highest BCUT2D eigenvalue weighted by molar-refractivity contribution is 8.00. The van der Waals surface area contributed by atoms with Crippen molar-refractivity contribution in [2.75, 3.05) is 6.54 Å². The van der Waals surface area contributed by atoms with Crippen LogP contribution < -0.4 is 5.32 Å². The van der Waals surface area contributed by atoms with Crippen molar-refractivity contribution in [3.05, 3.63) is 29.3 Å². The molecule has 0 radical (unpaired) electrons. The van der Waals surface area contributed by atoms with Crippen LogP contribution in [0, 0.1) is 11.3 Å². The second-order valence-electron chi connectivity index (χ2n) is 8.26. The summed E-state index contributed by atoms with van der Waals surface area (Å²) in [6.45, 7) is 5.78. The van der Waals surface area contributed by atoms with Crippen LogP contribution in [-0.4, -0.2) is 45.9 Å². The van der Waals surface area contributed by atoms with Gasteiger partial charge in [-0.1, -0.05) is 17.7 Å². The number of amides is 2. The summed E-state index contributed by atoms with van der Waals surface area (Å²) >= 11 is 7.65. The highest BCUT2D eigenvalue weighted by Gasteiger charge is 2.49. The molecule has 1 aromatic carbocycles. The lowest BCUT2D eigenvalue weighted by Crippen LogP contribution is -2.50. The van der Waals surface area contributed by atoms with Gasteiger partial charge in [0.1, 0.15) is 17.2 Å². The van der Waals surface area contributed by atoms with Crippen LogP contribution in [0.25, 0.3) is 0 Å². The fraction of sp³-hybridized carbons (Fsp3) is 0.550. The van der Waals surface area contributed by atoms with Crippen molar-refractivity contribution in [1.29, 1.82) is 5.26 Å². The van der Waals surface area contributed by atoms with Gasteiger partial charge in [-0.3, -0.25) is 9.69 Å². The van der Waals surface area contributed by atoms with E-state index in [0.717, 1.165) is 4.90 Å². The molecule has 3 rings (SSSR count). The van der Waals surface area contributed by atoms with Crippen LogP contribution in [0.4, 0.5) is 4.79 Å². The smallest absolute Gasteiger partial charge is 0.411 e. The van der Waals surface area contributed by atoms with Gasteiger partial charge in [-0.05, 0) is 58.2 Å². The normalized spacial score (nSPS) is 23.0. The molecular weight excluding hydrogens is 398 g/mol. The van der Waals surface area contributed by atoms with E-state index >= 15 is 0 Å². The molecule has 8 heteroatoms. The molecule has 0 aromatic heterocycles. The minimum absolute atomic E-state index is 0.0268. The highest BCUT2D eigenvalue weighted by Crippen LogP contribution is 2.37. The summed E-state index contributed by atoms with van der Waals surface area (Å²) in [5.74, 6) is -0.292. The van der Waals surface area contributed by atoms with Crippen LogP contribution in [0.1, 0.15) is 40.0 Å². The standard InChI is InChI=1S/C20H24ClN3O3S/c1-19(2,3)27-18(26)24-11-15(28-14-6-4-5-13(21)9-14)10-16(24)17(25)23-20(12-22)7-8-20/h4-6,9,15-16H,7-8,10-11H2,1-3H3,(H,23,25). The van der Waals surface area contributed by atoms with Crippen LogP contribution in [0.5, 0.6) is 0 Å². The summed E-state index contributed by atoms with van der Waals surface area (Å²) in [5.41, 5.74) is -1.42. The van der Waals surface area contributed by atoms with Crippen LogP contribution in [0.15, 0.2) is 29.2 Å². The Bertz CT molecular complexity index is 814. The summed E-state index contributed by atoms with van der Waals surface area (Å²) in [6.07, 6.45) is 1.28. The first-order valence-corrected chi connectivity index (χ1v) is 10.5. The van der Waals surface area contributed by atoms with Crippen molar-refractivity contribution in [3.8, 4) is 6.07 Å². The molecule has 1 N–H and O–H groups in total. The van der Waals surface area contributed by atoms with E-state index in [1.54, 1.807) is 38.6 Å². The molecule has 1 saturated carbocycles. The van der Waals surface area contributed by atoms with Gasteiger partial charge in [0.05, 0.1) is 6.07 Å². The number of halogens is 1. The molecule has 28 heavy (non-hydrogen) atoms. The Hall–Kier alpha value is -1.91. The molecule has 1 aliphatic carbocycles. The van der Waals surface area contributed by atoms with Gasteiger partial charge >= 0.3 is 6.09 Å². The molecule has 0 bridgehead atoms. The average Bonchev–Trinajstić information content (AvgIpc) is 3.23. The topological polar surface area (TPSA) is 82.4 Å². The first kappa shape index (κ1) is 20.8. The average molecular weight is 422 g/mol. The number of rotatable bonds is 4. The van der Waals surface area contributed by atoms with Gasteiger partial charge in [-0.2, -0.15) is 5.26 Å². The minimum atomic E-state index is -0.769. The van der Waals surface area contributed by atoms with Gasteiger partial charge in [-0.25, -0.2) is 4.79 Å². The number of nitrogens with zero attached hydrogens (tertiary/aromatic N) is 2. The number of benzene rings is 1. The molecule has 1 aromatic rings. The van der Waals surface area contributed by atoms with E-state index in [0.29, 0.717) is 30.8 Å². The fourth-order valence-corrected chi connectivity index (χ4v) is 4.60. The Morgan fingerprint density at radius 3 is 2.68 bits per heavy atom. The van der Waals surface area contributed by atoms with Crippen molar-refractivity contribution in [3.63, 3.8) is 0 Å². The first-order valence-electron chi connectivity index (χ1n) is 9.26. The number of nitrogens with one attached hydrogen (secondary N) is 1. The monoisotopic (exact) mass is 421 g/mol. The predicted octanol–water partition coefficient (Wildman–Crippen LogP) is 3.98. The number of carbonyl (C=O) groups excluding carboxylic acids is 2. The zero-order valence-electron chi connectivity index (χ0n) is 16.2. The summed E-state index contributed by atoms with van der Waals surface area (Å²) in [4.78, 5) is 28.0.